The molecule has 2 rings (SSSR count). The molecule has 4 nitrogen and oxygen atoms in total. The van der Waals surface area contributed by atoms with Crippen LogP contribution in [0.1, 0.15) is 5.56 Å². The van der Waals surface area contributed by atoms with Crippen LogP contribution in [0.3, 0.4) is 0 Å². The van der Waals surface area contributed by atoms with Crippen molar-refractivity contribution in [1.29, 1.82) is 0 Å². The van der Waals surface area contributed by atoms with Gasteiger partial charge in [-0.05, 0) is 36.2 Å². The molecule has 2 N–H and O–H groups in total. The summed E-state index contributed by atoms with van der Waals surface area (Å²) in [7, 11) is 1.70. The average Bonchev–Trinajstić information content (AvgIpc) is 2.41. The fourth-order valence-corrected chi connectivity index (χ4v) is 1.54. The molecular formula is C14H16N2O2. The van der Waals surface area contributed by atoms with Crippen molar-refractivity contribution in [3.63, 3.8) is 0 Å². The number of rotatable bonds is 5. The summed E-state index contributed by atoms with van der Waals surface area (Å²) in [6, 6.07) is 11.4. The molecule has 0 atom stereocenters. The normalized spacial score (nSPS) is 10.3. The van der Waals surface area contributed by atoms with Crippen LogP contribution >= 0.6 is 0 Å². The summed E-state index contributed by atoms with van der Waals surface area (Å²) in [4.78, 5) is 4.08. The SMILES string of the molecule is COCCc1ccc(Oc2ncccc2N)cc1. The van der Waals surface area contributed by atoms with Crippen molar-refractivity contribution in [3.8, 4) is 11.6 Å². The van der Waals surface area contributed by atoms with Crippen molar-refractivity contribution in [1.82, 2.24) is 4.98 Å². The molecule has 0 aliphatic carbocycles. The fraction of sp³-hybridized carbons (Fsp3) is 0.214. The molecule has 1 aromatic heterocycles. The Bertz CT molecular complexity index is 497. The van der Waals surface area contributed by atoms with Crippen LogP contribution in [-0.2, 0) is 11.2 Å². The number of hydrogen-bond acceptors (Lipinski definition) is 4. The highest BCUT2D eigenvalue weighted by Crippen LogP contribution is 2.24. The molecule has 0 unspecified atom stereocenters. The molecule has 0 bridgehead atoms. The van der Waals surface area contributed by atoms with Crippen LogP contribution in [0.15, 0.2) is 42.6 Å². The van der Waals surface area contributed by atoms with E-state index in [1.165, 1.54) is 5.56 Å². The van der Waals surface area contributed by atoms with Crippen LogP contribution in [0.25, 0.3) is 0 Å². The maximum Gasteiger partial charge on any atom is 0.242 e. The standard InChI is InChI=1S/C14H16N2O2/c1-17-10-8-11-4-6-12(7-5-11)18-14-13(15)3-2-9-16-14/h2-7,9H,8,10,15H2,1H3. The number of nitrogen functional groups attached to an aromatic ring is 1. The number of benzene rings is 1. The first-order valence-corrected chi connectivity index (χ1v) is 5.76. The summed E-state index contributed by atoms with van der Waals surface area (Å²) in [5.41, 5.74) is 7.50. The van der Waals surface area contributed by atoms with Gasteiger partial charge in [0.15, 0.2) is 0 Å². The van der Waals surface area contributed by atoms with Gasteiger partial charge in [0.2, 0.25) is 5.88 Å². The molecule has 0 spiro atoms. The van der Waals surface area contributed by atoms with Gasteiger partial charge in [-0.2, -0.15) is 0 Å². The lowest BCUT2D eigenvalue weighted by Crippen LogP contribution is -1.96. The van der Waals surface area contributed by atoms with E-state index in [2.05, 4.69) is 4.98 Å². The molecule has 0 saturated carbocycles. The predicted molar refractivity (Wildman–Crippen MR) is 70.7 cm³/mol. The molecule has 0 amide bonds. The first-order chi connectivity index (χ1) is 8.79. The van der Waals surface area contributed by atoms with E-state index in [9.17, 15) is 0 Å². The molecule has 0 aliphatic heterocycles. The maximum absolute atomic E-state index is 5.76. The van der Waals surface area contributed by atoms with Crippen LogP contribution in [0.2, 0.25) is 0 Å². The highest BCUT2D eigenvalue weighted by molar-refractivity contribution is 5.48. The number of methoxy groups -OCH3 is 1. The Hall–Kier alpha value is -2.07. The lowest BCUT2D eigenvalue weighted by atomic mass is 10.1. The van der Waals surface area contributed by atoms with Gasteiger partial charge in [0.25, 0.3) is 0 Å². The van der Waals surface area contributed by atoms with Gasteiger partial charge in [-0.3, -0.25) is 0 Å². The number of nitrogens with zero attached hydrogens (tertiary/aromatic N) is 1. The molecule has 0 saturated heterocycles. The van der Waals surface area contributed by atoms with E-state index < -0.39 is 0 Å². The summed E-state index contributed by atoms with van der Waals surface area (Å²) in [5.74, 6) is 1.16. The first-order valence-electron chi connectivity index (χ1n) is 5.76. The Labute approximate surface area is 106 Å². The molecule has 18 heavy (non-hydrogen) atoms. The summed E-state index contributed by atoms with van der Waals surface area (Å²) in [6.45, 7) is 0.716. The van der Waals surface area contributed by atoms with Crippen LogP contribution in [0, 0.1) is 0 Å². The quantitative estimate of drug-likeness (QED) is 0.878. The van der Waals surface area contributed by atoms with Gasteiger partial charge >= 0.3 is 0 Å². The van der Waals surface area contributed by atoms with Crippen LogP contribution in [0.4, 0.5) is 5.69 Å². The Morgan fingerprint density at radius 2 is 1.94 bits per heavy atom. The summed E-state index contributed by atoms with van der Waals surface area (Å²) >= 11 is 0. The third-order valence-electron chi connectivity index (χ3n) is 2.53. The number of pyridine rings is 1. The molecule has 2 aromatic rings. The Morgan fingerprint density at radius 1 is 1.17 bits per heavy atom. The molecule has 1 heterocycles. The number of nitrogens with two attached hydrogens (primary N) is 1. The molecule has 0 radical (unpaired) electrons. The molecule has 94 valence electrons. The van der Waals surface area contributed by atoms with Gasteiger partial charge in [-0.25, -0.2) is 4.98 Å². The van der Waals surface area contributed by atoms with Crippen molar-refractivity contribution < 1.29 is 9.47 Å². The monoisotopic (exact) mass is 244 g/mol. The zero-order chi connectivity index (χ0) is 12.8. The van der Waals surface area contributed by atoms with E-state index in [0.29, 0.717) is 18.2 Å². The Balaban J connectivity index is 2.04. The van der Waals surface area contributed by atoms with E-state index in [4.69, 9.17) is 15.2 Å². The Kier molecular flexibility index (Phi) is 4.15. The lowest BCUT2D eigenvalue weighted by Gasteiger charge is -2.07. The molecule has 0 fully saturated rings. The topological polar surface area (TPSA) is 57.4 Å². The third kappa shape index (κ3) is 3.21. The second-order valence-corrected chi connectivity index (χ2v) is 3.89. The van der Waals surface area contributed by atoms with E-state index in [-0.39, 0.29) is 0 Å². The number of aromatic nitrogens is 1. The van der Waals surface area contributed by atoms with Crippen LogP contribution in [-0.4, -0.2) is 18.7 Å². The van der Waals surface area contributed by atoms with Gasteiger partial charge in [-0.1, -0.05) is 12.1 Å². The summed E-state index contributed by atoms with van der Waals surface area (Å²) in [6.07, 6.45) is 2.54. The maximum atomic E-state index is 5.76. The Morgan fingerprint density at radius 3 is 2.61 bits per heavy atom. The zero-order valence-corrected chi connectivity index (χ0v) is 10.3. The smallest absolute Gasteiger partial charge is 0.242 e. The summed E-state index contributed by atoms with van der Waals surface area (Å²) in [5, 5.41) is 0. The van der Waals surface area contributed by atoms with E-state index >= 15 is 0 Å². The molecule has 1 aromatic carbocycles. The fourth-order valence-electron chi connectivity index (χ4n) is 1.54. The predicted octanol–water partition coefficient (Wildman–Crippen LogP) is 2.65. The minimum atomic E-state index is 0.433. The van der Waals surface area contributed by atoms with E-state index in [1.807, 2.05) is 24.3 Å². The minimum absolute atomic E-state index is 0.433. The molecule has 0 aliphatic rings. The highest BCUT2D eigenvalue weighted by atomic mass is 16.5. The number of hydrogen-bond donors (Lipinski definition) is 1. The second kappa shape index (κ2) is 6.02. The average molecular weight is 244 g/mol. The van der Waals surface area contributed by atoms with Gasteiger partial charge in [-0.15, -0.1) is 0 Å². The number of ether oxygens (including phenoxy) is 2. The van der Waals surface area contributed by atoms with Crippen LogP contribution < -0.4 is 10.5 Å². The van der Waals surface area contributed by atoms with Crippen molar-refractivity contribution in [3.05, 3.63) is 48.2 Å². The van der Waals surface area contributed by atoms with E-state index in [1.54, 1.807) is 25.4 Å². The zero-order valence-electron chi connectivity index (χ0n) is 10.3. The largest absolute Gasteiger partial charge is 0.437 e. The molecular weight excluding hydrogens is 228 g/mol. The lowest BCUT2D eigenvalue weighted by molar-refractivity contribution is 0.202. The van der Waals surface area contributed by atoms with Gasteiger partial charge in [0.1, 0.15) is 5.75 Å². The third-order valence-corrected chi connectivity index (χ3v) is 2.53. The highest BCUT2D eigenvalue weighted by Gasteiger charge is 2.02. The second-order valence-electron chi connectivity index (χ2n) is 3.89. The summed E-state index contributed by atoms with van der Waals surface area (Å²) < 4.78 is 10.6. The van der Waals surface area contributed by atoms with Crippen molar-refractivity contribution in [2.45, 2.75) is 6.42 Å². The van der Waals surface area contributed by atoms with Crippen LogP contribution in [0.5, 0.6) is 11.6 Å². The van der Waals surface area contributed by atoms with Crippen molar-refractivity contribution >= 4 is 5.69 Å². The van der Waals surface area contributed by atoms with Crippen molar-refractivity contribution in [2.24, 2.45) is 0 Å². The minimum Gasteiger partial charge on any atom is -0.437 e. The van der Waals surface area contributed by atoms with Crippen molar-refractivity contribution in [2.75, 3.05) is 19.5 Å². The van der Waals surface area contributed by atoms with Gasteiger partial charge < -0.3 is 15.2 Å². The van der Waals surface area contributed by atoms with Gasteiger partial charge in [0, 0.05) is 13.3 Å². The number of anilines is 1. The van der Waals surface area contributed by atoms with Gasteiger partial charge in [0.05, 0.1) is 12.3 Å². The molecule has 4 heteroatoms. The van der Waals surface area contributed by atoms with E-state index in [0.717, 1.165) is 12.2 Å². The first kappa shape index (κ1) is 12.4.